The van der Waals surface area contributed by atoms with Gasteiger partial charge in [-0.1, -0.05) is 36.4 Å². The van der Waals surface area contributed by atoms with Gasteiger partial charge in [0.05, 0.1) is 5.41 Å². The third-order valence-electron chi connectivity index (χ3n) is 5.08. The molecule has 36 heavy (non-hydrogen) atoms. The number of ether oxygens (including phenoxy) is 2. The number of hydrogen-bond acceptors (Lipinski definition) is 6. The Balaban J connectivity index is 0.000000678. The number of carboxylic acids is 2. The molecule has 1 heterocycles. The number of carbonyl (C=O) groups excluding carboxylic acids is 1. The Morgan fingerprint density at radius 1 is 0.972 bits per heavy atom. The quantitative estimate of drug-likeness (QED) is 0.188. The van der Waals surface area contributed by atoms with Crippen molar-refractivity contribution >= 4 is 28.8 Å². The van der Waals surface area contributed by atoms with Crippen LogP contribution in [0.4, 0.5) is 0 Å². The zero-order valence-electron chi connectivity index (χ0n) is 20.8. The van der Waals surface area contributed by atoms with Crippen LogP contribution in [0, 0.1) is 5.41 Å². The summed E-state index contributed by atoms with van der Waals surface area (Å²) < 4.78 is 11.8. The van der Waals surface area contributed by atoms with Gasteiger partial charge in [-0.2, -0.15) is 0 Å². The summed E-state index contributed by atoms with van der Waals surface area (Å²) in [5.74, 6) is -3.08. The SMILES string of the molecule is CC(C)(C)C(=O)OC(CNCCCc1ccccc1)COc1cccc2[nH]ccc12.O=C(O)C(=O)O. The van der Waals surface area contributed by atoms with Gasteiger partial charge in [-0.05, 0) is 63.9 Å². The highest BCUT2D eigenvalue weighted by molar-refractivity contribution is 6.27. The lowest BCUT2D eigenvalue weighted by atomic mass is 9.97. The van der Waals surface area contributed by atoms with Gasteiger partial charge in [0.2, 0.25) is 0 Å². The van der Waals surface area contributed by atoms with Crippen molar-refractivity contribution in [2.24, 2.45) is 5.41 Å². The number of fused-ring (bicyclic) bond motifs is 1. The minimum atomic E-state index is -1.82. The van der Waals surface area contributed by atoms with Crippen molar-refractivity contribution in [2.45, 2.75) is 39.7 Å². The van der Waals surface area contributed by atoms with E-state index < -0.39 is 17.4 Å². The van der Waals surface area contributed by atoms with E-state index in [9.17, 15) is 4.79 Å². The Hall–Kier alpha value is -3.85. The Labute approximate surface area is 210 Å². The van der Waals surface area contributed by atoms with Gasteiger partial charge in [-0.25, -0.2) is 9.59 Å². The first kappa shape index (κ1) is 28.4. The molecule has 3 rings (SSSR count). The third kappa shape index (κ3) is 9.79. The minimum absolute atomic E-state index is 0.220. The Morgan fingerprint density at radius 2 is 1.67 bits per heavy atom. The number of hydrogen-bond donors (Lipinski definition) is 4. The molecule has 9 heteroatoms. The van der Waals surface area contributed by atoms with Crippen LogP contribution in [-0.2, 0) is 25.5 Å². The molecular formula is C27H34N2O7. The molecule has 1 atom stereocenters. The van der Waals surface area contributed by atoms with E-state index >= 15 is 0 Å². The van der Waals surface area contributed by atoms with Gasteiger partial charge < -0.3 is 30.0 Å². The van der Waals surface area contributed by atoms with Gasteiger partial charge >= 0.3 is 17.9 Å². The standard InChI is InChI=1S/C25H32N2O3.C2H2O4/c1-25(2,3)24(28)30-20(17-26-15-8-11-19-9-5-4-6-10-19)18-29-23-13-7-12-22-21(23)14-16-27-22;3-1(4)2(5)6/h4-7,9-10,12-14,16,20,26-27H,8,11,15,17-18H2,1-3H3;(H,3,4)(H,5,6). The van der Waals surface area contributed by atoms with Crippen LogP contribution in [0.1, 0.15) is 32.8 Å². The van der Waals surface area contributed by atoms with Crippen LogP contribution in [0.5, 0.6) is 5.75 Å². The molecule has 3 aromatic rings. The van der Waals surface area contributed by atoms with Crippen LogP contribution in [-0.4, -0.2) is 58.9 Å². The Kier molecular flexibility index (Phi) is 11.0. The number of aryl methyl sites for hydroxylation is 1. The van der Waals surface area contributed by atoms with E-state index in [4.69, 9.17) is 29.3 Å². The molecule has 0 saturated carbocycles. The number of H-pyrrole nitrogens is 1. The van der Waals surface area contributed by atoms with Crippen LogP contribution < -0.4 is 10.1 Å². The van der Waals surface area contributed by atoms with Crippen molar-refractivity contribution in [3.05, 3.63) is 66.4 Å². The summed E-state index contributed by atoms with van der Waals surface area (Å²) in [4.78, 5) is 33.8. The smallest absolute Gasteiger partial charge is 0.414 e. The van der Waals surface area contributed by atoms with Gasteiger partial charge in [0.15, 0.2) is 0 Å². The highest BCUT2D eigenvalue weighted by Gasteiger charge is 2.26. The van der Waals surface area contributed by atoms with Crippen LogP contribution in [0.3, 0.4) is 0 Å². The number of aromatic nitrogens is 1. The highest BCUT2D eigenvalue weighted by Crippen LogP contribution is 2.25. The lowest BCUT2D eigenvalue weighted by Gasteiger charge is -2.24. The summed E-state index contributed by atoms with van der Waals surface area (Å²) in [6.45, 7) is 7.30. The molecule has 9 nitrogen and oxygen atoms in total. The van der Waals surface area contributed by atoms with E-state index in [1.54, 1.807) is 0 Å². The monoisotopic (exact) mass is 498 g/mol. The first-order valence-corrected chi connectivity index (χ1v) is 11.7. The van der Waals surface area contributed by atoms with Crippen molar-refractivity contribution in [1.82, 2.24) is 10.3 Å². The van der Waals surface area contributed by atoms with Crippen LogP contribution in [0.25, 0.3) is 10.9 Å². The number of carbonyl (C=O) groups is 3. The second-order valence-corrected chi connectivity index (χ2v) is 9.19. The molecule has 0 spiro atoms. The van der Waals surface area contributed by atoms with E-state index in [0.29, 0.717) is 13.2 Å². The zero-order chi connectivity index (χ0) is 26.6. The molecule has 0 radical (unpaired) electrons. The summed E-state index contributed by atoms with van der Waals surface area (Å²) in [7, 11) is 0. The molecule has 0 aliphatic heterocycles. The summed E-state index contributed by atoms with van der Waals surface area (Å²) in [6, 6.07) is 18.3. The number of carboxylic acid groups (broad SMARTS) is 2. The number of rotatable bonds is 10. The Bertz CT molecular complexity index is 1110. The van der Waals surface area contributed by atoms with Crippen LogP contribution in [0.2, 0.25) is 0 Å². The average Bonchev–Trinajstić information content (AvgIpc) is 3.32. The lowest BCUT2D eigenvalue weighted by molar-refractivity contribution is -0.159. The molecule has 0 aliphatic carbocycles. The summed E-state index contributed by atoms with van der Waals surface area (Å²) in [5.41, 5.74) is 1.80. The second kappa shape index (κ2) is 13.9. The number of aromatic amines is 1. The maximum atomic E-state index is 12.4. The molecule has 0 amide bonds. The molecule has 0 saturated heterocycles. The number of esters is 1. The number of benzene rings is 2. The van der Waals surface area contributed by atoms with E-state index in [1.165, 1.54) is 5.56 Å². The van der Waals surface area contributed by atoms with Crippen LogP contribution >= 0.6 is 0 Å². The fourth-order valence-corrected chi connectivity index (χ4v) is 3.15. The topological polar surface area (TPSA) is 138 Å². The molecule has 1 unspecified atom stereocenters. The summed E-state index contributed by atoms with van der Waals surface area (Å²) >= 11 is 0. The number of aliphatic carboxylic acids is 2. The molecule has 1 aromatic heterocycles. The van der Waals surface area contributed by atoms with Gasteiger partial charge in [-0.3, -0.25) is 4.79 Å². The first-order valence-electron chi connectivity index (χ1n) is 11.7. The van der Waals surface area contributed by atoms with Crippen molar-refractivity contribution in [2.75, 3.05) is 19.7 Å². The molecule has 4 N–H and O–H groups in total. The van der Waals surface area contributed by atoms with E-state index in [-0.39, 0.29) is 12.1 Å². The molecule has 2 aromatic carbocycles. The maximum Gasteiger partial charge on any atom is 0.414 e. The zero-order valence-corrected chi connectivity index (χ0v) is 20.8. The van der Waals surface area contributed by atoms with Gasteiger partial charge in [0.1, 0.15) is 18.5 Å². The predicted octanol–water partition coefficient (Wildman–Crippen LogP) is 3.88. The highest BCUT2D eigenvalue weighted by atomic mass is 16.6. The fraction of sp³-hybridized carbons (Fsp3) is 0.370. The van der Waals surface area contributed by atoms with E-state index in [1.807, 2.05) is 57.3 Å². The predicted molar refractivity (Wildman–Crippen MR) is 136 cm³/mol. The van der Waals surface area contributed by atoms with E-state index in [0.717, 1.165) is 36.0 Å². The van der Waals surface area contributed by atoms with E-state index in [2.05, 4.69) is 34.6 Å². The molecule has 194 valence electrons. The largest absolute Gasteiger partial charge is 0.489 e. The third-order valence-corrected chi connectivity index (χ3v) is 5.08. The number of nitrogens with one attached hydrogen (secondary N) is 2. The van der Waals surface area contributed by atoms with Crippen molar-refractivity contribution in [3.8, 4) is 5.75 Å². The fourth-order valence-electron chi connectivity index (χ4n) is 3.15. The van der Waals surface area contributed by atoms with Gasteiger partial charge in [-0.15, -0.1) is 0 Å². The summed E-state index contributed by atoms with van der Waals surface area (Å²) in [5, 5.41) is 19.2. The second-order valence-electron chi connectivity index (χ2n) is 9.19. The molecule has 0 fully saturated rings. The minimum Gasteiger partial charge on any atom is -0.489 e. The maximum absolute atomic E-state index is 12.4. The van der Waals surface area contributed by atoms with Crippen molar-refractivity contribution < 1.29 is 34.1 Å². The lowest BCUT2D eigenvalue weighted by Crippen LogP contribution is -2.38. The molecule has 0 bridgehead atoms. The Morgan fingerprint density at radius 3 is 2.31 bits per heavy atom. The molecule has 0 aliphatic rings. The van der Waals surface area contributed by atoms with Crippen molar-refractivity contribution in [3.63, 3.8) is 0 Å². The molecular weight excluding hydrogens is 464 g/mol. The normalized spacial score (nSPS) is 11.8. The van der Waals surface area contributed by atoms with Crippen molar-refractivity contribution in [1.29, 1.82) is 0 Å². The van der Waals surface area contributed by atoms with Gasteiger partial charge in [0, 0.05) is 23.6 Å². The first-order chi connectivity index (χ1) is 17.1. The summed E-state index contributed by atoms with van der Waals surface area (Å²) in [6.07, 6.45) is 3.57. The average molecular weight is 499 g/mol. The van der Waals surface area contributed by atoms with Gasteiger partial charge in [0.25, 0.3) is 0 Å². The van der Waals surface area contributed by atoms with Crippen LogP contribution in [0.15, 0.2) is 60.8 Å².